The number of rotatable bonds is 6. The molecule has 3 aromatic carbocycles. The van der Waals surface area contributed by atoms with Gasteiger partial charge in [-0.3, -0.25) is 9.59 Å². The zero-order chi connectivity index (χ0) is 22.3. The Morgan fingerprint density at radius 1 is 0.750 bits per heavy atom. The van der Waals surface area contributed by atoms with E-state index >= 15 is 0 Å². The quantitative estimate of drug-likeness (QED) is 0.567. The number of nitrogens with zero attached hydrogens (tertiary/aromatic N) is 2. The van der Waals surface area contributed by atoms with E-state index in [9.17, 15) is 9.59 Å². The van der Waals surface area contributed by atoms with Crippen molar-refractivity contribution < 1.29 is 14.3 Å². The van der Waals surface area contributed by atoms with Crippen molar-refractivity contribution in [2.24, 2.45) is 0 Å². The van der Waals surface area contributed by atoms with Crippen LogP contribution in [0, 0.1) is 0 Å². The van der Waals surface area contributed by atoms with Crippen molar-refractivity contribution >= 4 is 23.4 Å². The van der Waals surface area contributed by atoms with Crippen LogP contribution in [0.5, 0.6) is 5.75 Å². The second-order valence-corrected chi connectivity index (χ2v) is 8.14. The van der Waals surface area contributed by atoms with Crippen LogP contribution in [-0.4, -0.2) is 54.4 Å². The summed E-state index contributed by atoms with van der Waals surface area (Å²) in [5.41, 5.74) is 1.94. The summed E-state index contributed by atoms with van der Waals surface area (Å²) in [5, 5.41) is 0.619. The monoisotopic (exact) mass is 448 g/mol. The van der Waals surface area contributed by atoms with Crippen molar-refractivity contribution in [2.45, 2.75) is 5.92 Å². The fourth-order valence-corrected chi connectivity index (χ4v) is 4.02. The van der Waals surface area contributed by atoms with E-state index in [1.54, 1.807) is 29.2 Å². The lowest BCUT2D eigenvalue weighted by Gasteiger charge is -2.36. The smallest absolute Gasteiger partial charge is 0.260 e. The van der Waals surface area contributed by atoms with E-state index in [-0.39, 0.29) is 24.3 Å². The Labute approximate surface area is 193 Å². The van der Waals surface area contributed by atoms with Gasteiger partial charge in [-0.25, -0.2) is 0 Å². The molecule has 5 nitrogen and oxygen atoms in total. The van der Waals surface area contributed by atoms with Gasteiger partial charge in [0.2, 0.25) is 5.91 Å². The Balaban J connectivity index is 1.37. The first kappa shape index (κ1) is 21.9. The highest BCUT2D eigenvalue weighted by Gasteiger charge is 2.30. The Morgan fingerprint density at radius 2 is 1.25 bits per heavy atom. The van der Waals surface area contributed by atoms with Gasteiger partial charge in [0.1, 0.15) is 5.75 Å². The molecule has 0 unspecified atom stereocenters. The first-order valence-electron chi connectivity index (χ1n) is 10.7. The van der Waals surface area contributed by atoms with Crippen LogP contribution >= 0.6 is 11.6 Å². The van der Waals surface area contributed by atoms with Crippen molar-refractivity contribution in [1.82, 2.24) is 9.80 Å². The maximum atomic E-state index is 13.5. The van der Waals surface area contributed by atoms with Crippen LogP contribution in [0.1, 0.15) is 17.0 Å². The second kappa shape index (κ2) is 10.3. The van der Waals surface area contributed by atoms with Crippen LogP contribution in [0.4, 0.5) is 0 Å². The summed E-state index contributed by atoms with van der Waals surface area (Å²) in [4.78, 5) is 29.7. The molecule has 1 aliphatic heterocycles. The molecular weight excluding hydrogens is 424 g/mol. The molecule has 3 aromatic rings. The minimum atomic E-state index is -0.354. The normalized spacial score (nSPS) is 13.8. The summed E-state index contributed by atoms with van der Waals surface area (Å²) in [5.74, 6) is 0.222. The van der Waals surface area contributed by atoms with Gasteiger partial charge in [0.25, 0.3) is 5.91 Å². The zero-order valence-corrected chi connectivity index (χ0v) is 18.4. The van der Waals surface area contributed by atoms with Crippen LogP contribution < -0.4 is 4.74 Å². The van der Waals surface area contributed by atoms with Crippen molar-refractivity contribution in [3.05, 3.63) is 101 Å². The molecule has 4 rings (SSSR count). The molecule has 0 N–H and O–H groups in total. The number of piperazine rings is 1. The van der Waals surface area contributed by atoms with E-state index in [1.807, 2.05) is 65.6 Å². The third kappa shape index (κ3) is 5.29. The summed E-state index contributed by atoms with van der Waals surface area (Å²) in [6.07, 6.45) is 0. The van der Waals surface area contributed by atoms with Gasteiger partial charge >= 0.3 is 0 Å². The van der Waals surface area contributed by atoms with E-state index in [4.69, 9.17) is 16.3 Å². The Kier molecular flexibility index (Phi) is 7.07. The van der Waals surface area contributed by atoms with E-state index < -0.39 is 0 Å². The molecule has 0 aliphatic carbocycles. The minimum Gasteiger partial charge on any atom is -0.484 e. The number of amides is 2. The lowest BCUT2D eigenvalue weighted by Crippen LogP contribution is -2.52. The molecule has 1 aliphatic rings. The largest absolute Gasteiger partial charge is 0.484 e. The van der Waals surface area contributed by atoms with Gasteiger partial charge < -0.3 is 14.5 Å². The SMILES string of the molecule is O=C(COc1ccc(Cl)cc1)N1CCN(C(=O)C(c2ccccc2)c2ccccc2)CC1. The molecule has 6 heteroatoms. The summed E-state index contributed by atoms with van der Waals surface area (Å²) >= 11 is 5.87. The summed E-state index contributed by atoms with van der Waals surface area (Å²) < 4.78 is 5.57. The number of carbonyl (C=O) groups is 2. The molecule has 0 spiro atoms. The highest BCUT2D eigenvalue weighted by Crippen LogP contribution is 2.27. The van der Waals surface area contributed by atoms with Crippen molar-refractivity contribution in [2.75, 3.05) is 32.8 Å². The summed E-state index contributed by atoms with van der Waals surface area (Å²) in [6.45, 7) is 1.95. The summed E-state index contributed by atoms with van der Waals surface area (Å²) in [7, 11) is 0. The molecule has 1 fully saturated rings. The number of hydrogen-bond donors (Lipinski definition) is 0. The lowest BCUT2D eigenvalue weighted by atomic mass is 9.90. The molecule has 0 radical (unpaired) electrons. The van der Waals surface area contributed by atoms with Crippen molar-refractivity contribution in [3.8, 4) is 5.75 Å². The van der Waals surface area contributed by atoms with E-state index in [0.717, 1.165) is 11.1 Å². The van der Waals surface area contributed by atoms with Crippen LogP contribution in [0.25, 0.3) is 0 Å². The maximum Gasteiger partial charge on any atom is 0.260 e. The molecule has 0 bridgehead atoms. The maximum absolute atomic E-state index is 13.5. The highest BCUT2D eigenvalue weighted by molar-refractivity contribution is 6.30. The molecular formula is C26H25ClN2O3. The molecule has 164 valence electrons. The van der Waals surface area contributed by atoms with Crippen LogP contribution in [0.3, 0.4) is 0 Å². The van der Waals surface area contributed by atoms with Crippen LogP contribution in [-0.2, 0) is 9.59 Å². The van der Waals surface area contributed by atoms with Gasteiger partial charge in [-0.05, 0) is 35.4 Å². The van der Waals surface area contributed by atoms with Gasteiger partial charge in [0.15, 0.2) is 6.61 Å². The average molecular weight is 449 g/mol. The van der Waals surface area contributed by atoms with Gasteiger partial charge in [0.05, 0.1) is 5.92 Å². The number of ether oxygens (including phenoxy) is 1. The number of hydrogen-bond acceptors (Lipinski definition) is 3. The van der Waals surface area contributed by atoms with Gasteiger partial charge in [-0.2, -0.15) is 0 Å². The predicted octanol–water partition coefficient (Wildman–Crippen LogP) is 4.22. The zero-order valence-electron chi connectivity index (χ0n) is 17.7. The Morgan fingerprint density at radius 3 is 1.78 bits per heavy atom. The standard InChI is InChI=1S/C26H25ClN2O3/c27-22-11-13-23(14-12-22)32-19-24(30)28-15-17-29(18-16-28)26(31)25(20-7-3-1-4-8-20)21-9-5-2-6-10-21/h1-14,25H,15-19H2. The number of carbonyl (C=O) groups excluding carboxylic acids is 2. The lowest BCUT2D eigenvalue weighted by molar-refractivity contribution is -0.141. The molecule has 0 saturated carbocycles. The van der Waals surface area contributed by atoms with E-state index in [1.165, 1.54) is 0 Å². The number of benzene rings is 3. The highest BCUT2D eigenvalue weighted by atomic mass is 35.5. The number of halogens is 1. The van der Waals surface area contributed by atoms with Gasteiger partial charge in [0, 0.05) is 31.2 Å². The fraction of sp³-hybridized carbons (Fsp3) is 0.231. The molecule has 0 atom stereocenters. The molecule has 2 amide bonds. The molecule has 32 heavy (non-hydrogen) atoms. The Bertz CT molecular complexity index is 994. The molecule has 1 heterocycles. The minimum absolute atomic E-state index is 0.0355. The molecule has 0 aromatic heterocycles. The third-order valence-corrected chi connectivity index (χ3v) is 5.88. The van der Waals surface area contributed by atoms with E-state index in [2.05, 4.69) is 0 Å². The second-order valence-electron chi connectivity index (χ2n) is 7.70. The first-order valence-corrected chi connectivity index (χ1v) is 11.0. The first-order chi connectivity index (χ1) is 15.6. The fourth-order valence-electron chi connectivity index (χ4n) is 3.89. The van der Waals surface area contributed by atoms with Gasteiger partial charge in [-0.1, -0.05) is 72.3 Å². The van der Waals surface area contributed by atoms with Crippen molar-refractivity contribution in [1.29, 1.82) is 0 Å². The van der Waals surface area contributed by atoms with Crippen LogP contribution in [0.2, 0.25) is 5.02 Å². The van der Waals surface area contributed by atoms with E-state index in [0.29, 0.717) is 37.0 Å². The summed E-state index contributed by atoms with van der Waals surface area (Å²) in [6, 6.07) is 26.6. The molecule has 1 saturated heterocycles. The Hall–Kier alpha value is -3.31. The third-order valence-electron chi connectivity index (χ3n) is 5.63. The topological polar surface area (TPSA) is 49.9 Å². The predicted molar refractivity (Wildman–Crippen MR) is 125 cm³/mol. The van der Waals surface area contributed by atoms with Crippen molar-refractivity contribution in [3.63, 3.8) is 0 Å². The van der Waals surface area contributed by atoms with Crippen LogP contribution in [0.15, 0.2) is 84.9 Å². The average Bonchev–Trinajstić information content (AvgIpc) is 2.85. The van der Waals surface area contributed by atoms with Gasteiger partial charge in [-0.15, -0.1) is 0 Å².